The number of anilines is 1. The largest absolute Gasteiger partial charge is 0.324 e. The molecule has 0 atom stereocenters. The molecule has 0 radical (unpaired) electrons. The fourth-order valence-corrected chi connectivity index (χ4v) is 2.07. The van der Waals surface area contributed by atoms with Crippen molar-refractivity contribution in [3.8, 4) is 0 Å². The van der Waals surface area contributed by atoms with Gasteiger partial charge in [-0.2, -0.15) is 0 Å². The highest BCUT2D eigenvalue weighted by atomic mass is 32.2. The normalized spacial score (nSPS) is 11.4. The molecule has 0 spiro atoms. The van der Waals surface area contributed by atoms with E-state index in [0.717, 1.165) is 5.41 Å². The molecule has 1 amide bonds. The van der Waals surface area contributed by atoms with Gasteiger partial charge in [0.25, 0.3) is 0 Å². The average Bonchev–Trinajstić information content (AvgIpc) is 2.86. The Morgan fingerprint density at radius 2 is 2.21 bits per heavy atom. The lowest BCUT2D eigenvalue weighted by atomic mass is 10.2. The van der Waals surface area contributed by atoms with Gasteiger partial charge in [0.05, 0.1) is 11.4 Å². The summed E-state index contributed by atoms with van der Waals surface area (Å²) in [5.41, 5.74) is 1.36. The first-order chi connectivity index (χ1) is 9.02. The Hall–Kier alpha value is -2.22. The van der Waals surface area contributed by atoms with Gasteiger partial charge in [-0.25, -0.2) is 13.0 Å². The number of carbonyl (C=O) groups is 1. The highest BCUT2D eigenvalue weighted by molar-refractivity contribution is 7.94. The Kier molecular flexibility index (Phi) is 3.61. The van der Waals surface area contributed by atoms with Crippen molar-refractivity contribution in [2.75, 3.05) is 11.1 Å². The quantitative estimate of drug-likeness (QED) is 0.880. The number of hydrogen-bond donors (Lipinski definition) is 1. The van der Waals surface area contributed by atoms with E-state index < -0.39 is 15.7 Å². The average molecular weight is 281 g/mol. The van der Waals surface area contributed by atoms with E-state index in [4.69, 9.17) is 0 Å². The molecule has 0 bridgehead atoms. The Morgan fingerprint density at radius 1 is 1.42 bits per heavy atom. The minimum Gasteiger partial charge on any atom is -0.324 e. The molecule has 1 heterocycles. The number of amides is 1. The number of nitrogens with one attached hydrogen (secondary N) is 1. The number of aromatic nitrogens is 2. The third kappa shape index (κ3) is 3.16. The van der Waals surface area contributed by atoms with Gasteiger partial charge in [-0.1, -0.05) is 12.6 Å². The highest BCUT2D eigenvalue weighted by Gasteiger charge is 2.12. The fraction of sp³-hybridized carbons (Fsp3) is 0.182. The second-order valence-corrected chi connectivity index (χ2v) is 5.84. The van der Waals surface area contributed by atoms with E-state index in [1.54, 1.807) is 18.2 Å². The van der Waals surface area contributed by atoms with Crippen LogP contribution in [0.25, 0.3) is 11.0 Å². The van der Waals surface area contributed by atoms with E-state index in [1.807, 2.05) is 0 Å². The first-order valence-electron chi connectivity index (χ1n) is 5.38. The van der Waals surface area contributed by atoms with Gasteiger partial charge in [0.2, 0.25) is 5.91 Å². The predicted molar refractivity (Wildman–Crippen MR) is 69.0 cm³/mol. The van der Waals surface area contributed by atoms with E-state index >= 15 is 0 Å². The van der Waals surface area contributed by atoms with E-state index in [-0.39, 0.29) is 12.2 Å². The summed E-state index contributed by atoms with van der Waals surface area (Å²) in [4.78, 5) is 11.7. The second kappa shape index (κ2) is 5.19. The van der Waals surface area contributed by atoms with Crippen LogP contribution < -0.4 is 5.32 Å². The molecule has 0 aliphatic carbocycles. The molecule has 0 saturated heterocycles. The van der Waals surface area contributed by atoms with Crippen molar-refractivity contribution >= 4 is 32.5 Å². The van der Waals surface area contributed by atoms with Crippen LogP contribution in [-0.4, -0.2) is 30.4 Å². The van der Waals surface area contributed by atoms with Gasteiger partial charge >= 0.3 is 0 Å². The van der Waals surface area contributed by atoms with Gasteiger partial charge in [0, 0.05) is 11.8 Å². The molecule has 19 heavy (non-hydrogen) atoms. The summed E-state index contributed by atoms with van der Waals surface area (Å²) < 4.78 is 26.9. The molecular formula is C11H11N3O4S. The Morgan fingerprint density at radius 3 is 2.95 bits per heavy atom. The third-order valence-electron chi connectivity index (χ3n) is 2.43. The summed E-state index contributed by atoms with van der Waals surface area (Å²) in [6, 6.07) is 5.00. The summed E-state index contributed by atoms with van der Waals surface area (Å²) in [6.45, 7) is 3.18. The topological polar surface area (TPSA) is 102 Å². The van der Waals surface area contributed by atoms with E-state index in [9.17, 15) is 13.2 Å². The first kappa shape index (κ1) is 13.2. The maximum atomic E-state index is 11.7. The van der Waals surface area contributed by atoms with Crippen molar-refractivity contribution in [3.63, 3.8) is 0 Å². The Bertz CT molecular complexity index is 720. The molecule has 8 heteroatoms. The molecule has 100 valence electrons. The van der Waals surface area contributed by atoms with Crippen molar-refractivity contribution in [3.05, 3.63) is 30.2 Å². The third-order valence-corrected chi connectivity index (χ3v) is 3.71. The monoisotopic (exact) mass is 281 g/mol. The minimum absolute atomic E-state index is 0.157. The summed E-state index contributed by atoms with van der Waals surface area (Å²) in [5, 5.41) is 10.7. The zero-order valence-electron chi connectivity index (χ0n) is 9.87. The summed E-state index contributed by atoms with van der Waals surface area (Å²) in [6.07, 6.45) is -0.157. The van der Waals surface area contributed by atoms with Crippen molar-refractivity contribution in [1.29, 1.82) is 0 Å². The van der Waals surface area contributed by atoms with Crippen LogP contribution in [0.2, 0.25) is 0 Å². The van der Waals surface area contributed by atoms with E-state index in [2.05, 4.69) is 26.8 Å². The highest BCUT2D eigenvalue weighted by Crippen LogP contribution is 2.19. The van der Waals surface area contributed by atoms with Crippen LogP contribution in [0.1, 0.15) is 6.42 Å². The molecule has 7 nitrogen and oxygen atoms in total. The second-order valence-electron chi connectivity index (χ2n) is 3.77. The van der Waals surface area contributed by atoms with Crippen molar-refractivity contribution < 1.29 is 17.8 Å². The van der Waals surface area contributed by atoms with Crippen LogP contribution in [0.3, 0.4) is 0 Å². The SMILES string of the molecule is C=CS(=O)(=O)CCC(=O)Nc1cccc2nonc12. The van der Waals surface area contributed by atoms with Crippen molar-refractivity contribution in [1.82, 2.24) is 10.3 Å². The van der Waals surface area contributed by atoms with Crippen LogP contribution in [0, 0.1) is 0 Å². The molecule has 0 saturated carbocycles. The number of benzene rings is 1. The molecule has 0 aliphatic heterocycles. The number of rotatable bonds is 5. The minimum atomic E-state index is -3.38. The molecule has 0 aliphatic rings. The standard InChI is InChI=1S/C11H11N3O4S/c1-2-19(16,17)7-6-10(15)12-8-4-3-5-9-11(8)14-18-13-9/h2-5H,1,6-7H2,(H,12,15). The number of fused-ring (bicyclic) bond motifs is 1. The smallest absolute Gasteiger partial charge is 0.225 e. The van der Waals surface area contributed by atoms with Gasteiger partial charge in [-0.05, 0) is 22.4 Å². The van der Waals surface area contributed by atoms with Crippen LogP contribution in [0.4, 0.5) is 5.69 Å². The molecule has 2 aromatic rings. The van der Waals surface area contributed by atoms with E-state index in [1.165, 1.54) is 0 Å². The van der Waals surface area contributed by atoms with Gasteiger partial charge < -0.3 is 5.32 Å². The van der Waals surface area contributed by atoms with Gasteiger partial charge in [-0.3, -0.25) is 4.79 Å². The molecule has 0 fully saturated rings. The molecule has 1 N–H and O–H groups in total. The lowest BCUT2D eigenvalue weighted by molar-refractivity contribution is -0.115. The number of carbonyl (C=O) groups excluding carboxylic acids is 1. The van der Waals surface area contributed by atoms with Crippen LogP contribution in [0.15, 0.2) is 34.8 Å². The Labute approximate surface area is 109 Å². The van der Waals surface area contributed by atoms with Crippen LogP contribution >= 0.6 is 0 Å². The lowest BCUT2D eigenvalue weighted by Gasteiger charge is -2.04. The fourth-order valence-electron chi connectivity index (χ4n) is 1.44. The summed E-state index contributed by atoms with van der Waals surface area (Å²) >= 11 is 0. The number of nitrogens with zero attached hydrogens (tertiary/aromatic N) is 2. The molecule has 2 rings (SSSR count). The Balaban J connectivity index is 2.07. The zero-order valence-corrected chi connectivity index (χ0v) is 10.7. The molecule has 1 aromatic carbocycles. The number of hydrogen-bond acceptors (Lipinski definition) is 6. The number of sulfone groups is 1. The summed E-state index contributed by atoms with van der Waals surface area (Å²) in [7, 11) is -3.38. The van der Waals surface area contributed by atoms with Crippen molar-refractivity contribution in [2.45, 2.75) is 6.42 Å². The molecule has 1 aromatic heterocycles. The first-order valence-corrected chi connectivity index (χ1v) is 7.10. The van der Waals surface area contributed by atoms with Crippen LogP contribution in [-0.2, 0) is 14.6 Å². The van der Waals surface area contributed by atoms with Gasteiger partial charge in [0.15, 0.2) is 15.4 Å². The van der Waals surface area contributed by atoms with Crippen molar-refractivity contribution in [2.24, 2.45) is 0 Å². The van der Waals surface area contributed by atoms with E-state index in [0.29, 0.717) is 16.7 Å². The zero-order chi connectivity index (χ0) is 13.9. The maximum Gasteiger partial charge on any atom is 0.225 e. The molecule has 0 unspecified atom stereocenters. The van der Waals surface area contributed by atoms with Crippen LogP contribution in [0.5, 0.6) is 0 Å². The van der Waals surface area contributed by atoms with Gasteiger partial charge in [0.1, 0.15) is 5.52 Å². The predicted octanol–water partition coefficient (Wildman–Crippen LogP) is 1.11. The van der Waals surface area contributed by atoms with Gasteiger partial charge in [-0.15, -0.1) is 0 Å². The lowest BCUT2D eigenvalue weighted by Crippen LogP contribution is -2.16. The molecular weight excluding hydrogens is 270 g/mol. The maximum absolute atomic E-state index is 11.7. The summed E-state index contributed by atoms with van der Waals surface area (Å²) in [5.74, 6) is -0.712.